The summed E-state index contributed by atoms with van der Waals surface area (Å²) in [6, 6.07) is 7.76. The number of carboxylic acids is 1. The molecule has 0 aromatic heterocycles. The number of ether oxygens (including phenoxy) is 2. The van der Waals surface area contributed by atoms with Gasteiger partial charge in [-0.25, -0.2) is 0 Å². The predicted molar refractivity (Wildman–Crippen MR) is 198 cm³/mol. The first kappa shape index (κ1) is 37.9. The second-order valence-corrected chi connectivity index (χ2v) is 19.1. The number of anilines is 1. The van der Waals surface area contributed by atoms with Crippen LogP contribution in [0.4, 0.5) is 5.69 Å². The number of aliphatic hydroxyl groups is 1. The van der Waals surface area contributed by atoms with E-state index in [0.717, 1.165) is 68.4 Å². The second kappa shape index (κ2) is 13.2. The van der Waals surface area contributed by atoms with Gasteiger partial charge in [0, 0.05) is 29.5 Å². The van der Waals surface area contributed by atoms with E-state index >= 15 is 0 Å². The van der Waals surface area contributed by atoms with E-state index in [4.69, 9.17) is 9.47 Å². The molecule has 51 heavy (non-hydrogen) atoms. The number of fused-ring (bicyclic) bond motifs is 7. The van der Waals surface area contributed by atoms with Crippen LogP contribution in [-0.4, -0.2) is 53.8 Å². The minimum absolute atomic E-state index is 0.0851. The summed E-state index contributed by atoms with van der Waals surface area (Å²) >= 11 is 0. The lowest BCUT2D eigenvalue weighted by Crippen LogP contribution is -2.63. The minimum atomic E-state index is -1.16. The summed E-state index contributed by atoms with van der Waals surface area (Å²) in [4.78, 5) is 38.7. The number of aliphatic carboxylic acids is 1. The van der Waals surface area contributed by atoms with E-state index in [1.54, 1.807) is 21.0 Å². The zero-order valence-electron chi connectivity index (χ0n) is 32.6. The van der Waals surface area contributed by atoms with Gasteiger partial charge >= 0.3 is 11.9 Å². The molecule has 0 bridgehead atoms. The Hall–Kier alpha value is -2.87. The van der Waals surface area contributed by atoms with Gasteiger partial charge in [0.2, 0.25) is 0 Å². The third-order valence-electron chi connectivity index (χ3n) is 15.3. The van der Waals surface area contributed by atoms with Crippen LogP contribution in [0.25, 0.3) is 0 Å². The van der Waals surface area contributed by atoms with Crippen LogP contribution in [0.5, 0.6) is 5.75 Å². The molecule has 4 saturated carbocycles. The molecule has 6 rings (SSSR count). The topological polar surface area (TPSA) is 122 Å². The van der Waals surface area contributed by atoms with Crippen molar-refractivity contribution in [3.63, 3.8) is 0 Å². The lowest BCUT2D eigenvalue weighted by atomic mass is 9.36. The van der Waals surface area contributed by atoms with Crippen molar-refractivity contribution >= 4 is 23.4 Å². The molecule has 0 radical (unpaired) electrons. The molecule has 9 unspecified atom stereocenters. The highest BCUT2D eigenvalue weighted by Gasteiger charge is 2.67. The van der Waals surface area contributed by atoms with Gasteiger partial charge < -0.3 is 25.0 Å². The number of Topliss-reactive ketones (excluding diaryl/α,β-unsaturated/α-hetero) is 1. The first-order chi connectivity index (χ1) is 23.8. The number of nitrogens with one attached hydrogen (secondary N) is 1. The Labute approximate surface area is 305 Å². The summed E-state index contributed by atoms with van der Waals surface area (Å²) in [6.45, 7) is 17.4. The van der Waals surface area contributed by atoms with Gasteiger partial charge in [0.15, 0.2) is 5.78 Å². The van der Waals surface area contributed by atoms with Crippen LogP contribution in [0, 0.1) is 56.7 Å². The Kier molecular flexibility index (Phi) is 9.81. The van der Waals surface area contributed by atoms with Crippen LogP contribution in [0.3, 0.4) is 0 Å². The van der Waals surface area contributed by atoms with Gasteiger partial charge in [-0.05, 0) is 135 Å². The van der Waals surface area contributed by atoms with Gasteiger partial charge in [0.25, 0.3) is 0 Å². The van der Waals surface area contributed by atoms with Crippen LogP contribution in [0.2, 0.25) is 0 Å². The van der Waals surface area contributed by atoms with Gasteiger partial charge in [-0.15, -0.1) is 0 Å². The largest absolute Gasteiger partial charge is 0.497 e. The molecule has 3 N–H and O–H groups in total. The van der Waals surface area contributed by atoms with E-state index in [-0.39, 0.29) is 40.5 Å². The number of allylic oxidation sites excluding steroid dienone is 1. The van der Waals surface area contributed by atoms with E-state index in [1.807, 2.05) is 24.3 Å². The van der Waals surface area contributed by atoms with Gasteiger partial charge in [-0.3, -0.25) is 14.4 Å². The first-order valence-corrected chi connectivity index (χ1v) is 19.6. The number of methoxy groups -OCH3 is 1. The number of benzene rings is 1. The molecule has 282 valence electrons. The summed E-state index contributed by atoms with van der Waals surface area (Å²) in [7, 11) is 1.65. The van der Waals surface area contributed by atoms with Crippen LogP contribution < -0.4 is 10.1 Å². The summed E-state index contributed by atoms with van der Waals surface area (Å²) in [5.74, 6) is 1.37. The van der Waals surface area contributed by atoms with E-state index in [2.05, 4.69) is 46.9 Å². The van der Waals surface area contributed by atoms with Crippen LogP contribution in [0.15, 0.2) is 35.4 Å². The molecule has 0 heterocycles. The number of hydrogen-bond acceptors (Lipinski definition) is 7. The Bertz CT molecular complexity index is 1560. The first-order valence-electron chi connectivity index (χ1n) is 19.6. The molecular formula is C43H63NO7. The molecule has 5 aliphatic rings. The summed E-state index contributed by atoms with van der Waals surface area (Å²) in [6.07, 6.45) is 7.27. The number of carboxylic acid groups (broad SMARTS) is 1. The Morgan fingerprint density at radius 2 is 1.61 bits per heavy atom. The molecule has 0 spiro atoms. The van der Waals surface area contributed by atoms with Crippen LogP contribution >= 0.6 is 0 Å². The van der Waals surface area contributed by atoms with Crippen molar-refractivity contribution in [2.24, 2.45) is 56.7 Å². The molecule has 4 fully saturated rings. The Balaban J connectivity index is 1.24. The van der Waals surface area contributed by atoms with Gasteiger partial charge in [-0.2, -0.15) is 0 Å². The van der Waals surface area contributed by atoms with Crippen molar-refractivity contribution in [2.45, 2.75) is 132 Å². The van der Waals surface area contributed by atoms with E-state index in [0.29, 0.717) is 36.6 Å². The number of carbonyl (C=O) groups excluding carboxylic acids is 2. The third-order valence-corrected chi connectivity index (χ3v) is 15.3. The number of ketones is 1. The highest BCUT2D eigenvalue weighted by molar-refractivity contribution is 6.00. The number of carbonyl (C=O) groups is 3. The van der Waals surface area contributed by atoms with Crippen molar-refractivity contribution in [2.75, 3.05) is 19.0 Å². The molecule has 5 aliphatic carbocycles. The molecule has 0 saturated heterocycles. The smallest absolute Gasteiger partial charge is 0.309 e. The molecule has 8 nitrogen and oxygen atoms in total. The fourth-order valence-corrected chi connectivity index (χ4v) is 12.7. The summed E-state index contributed by atoms with van der Waals surface area (Å²) < 4.78 is 11.5. The molecule has 8 heteroatoms. The highest BCUT2D eigenvalue weighted by Crippen LogP contribution is 2.73. The van der Waals surface area contributed by atoms with Gasteiger partial charge in [0.1, 0.15) is 11.9 Å². The standard InChI is InChI=1S/C43H63NO7/c1-25(2)36-30(45)22-43(33(46)24-44-26-10-12-27(50-9)13-11-26)21-16-29-28(37(36)43)14-15-32-41(29,7)19-17-31-40(5,6)34(18-20-42(31,32)8)51-35(47)23-39(3,4)38(48)49/h10-13,25,28-29,31-34,44,46H,14-24H2,1-9H3,(H,48,49). The Morgan fingerprint density at radius 1 is 0.941 bits per heavy atom. The fraction of sp³-hybridized carbons (Fsp3) is 0.744. The Morgan fingerprint density at radius 3 is 2.24 bits per heavy atom. The zero-order valence-corrected chi connectivity index (χ0v) is 32.6. The van der Waals surface area contributed by atoms with Gasteiger partial charge in [-0.1, -0.05) is 47.1 Å². The number of aliphatic hydroxyl groups excluding tert-OH is 1. The molecular weight excluding hydrogens is 642 g/mol. The summed E-state index contributed by atoms with van der Waals surface area (Å²) in [5.41, 5.74) is 1.47. The second-order valence-electron chi connectivity index (χ2n) is 19.1. The maximum atomic E-state index is 13.9. The SMILES string of the molecule is COc1ccc(NCC(O)C23CCC4C(CCC5C4(C)CCC4C(C)(C)C(OC(=O)CC(C)(C)C(=O)O)CCC45C)C2=C(C(C)C)C(=O)C3)cc1. The van der Waals surface area contributed by atoms with Crippen molar-refractivity contribution < 1.29 is 34.1 Å². The van der Waals surface area contributed by atoms with Crippen LogP contribution in [0.1, 0.15) is 120 Å². The van der Waals surface area contributed by atoms with Crippen molar-refractivity contribution in [1.82, 2.24) is 0 Å². The zero-order chi connectivity index (χ0) is 37.3. The average Bonchev–Trinajstić information content (AvgIpc) is 3.38. The normalized spacial score (nSPS) is 36.4. The van der Waals surface area contributed by atoms with Crippen molar-refractivity contribution in [3.05, 3.63) is 35.4 Å². The van der Waals surface area contributed by atoms with Crippen LogP contribution in [-0.2, 0) is 19.1 Å². The highest BCUT2D eigenvalue weighted by atomic mass is 16.5. The van der Waals surface area contributed by atoms with Crippen molar-refractivity contribution in [1.29, 1.82) is 0 Å². The molecule has 0 aliphatic heterocycles. The monoisotopic (exact) mass is 705 g/mol. The fourth-order valence-electron chi connectivity index (χ4n) is 12.7. The van der Waals surface area contributed by atoms with E-state index < -0.39 is 28.9 Å². The maximum Gasteiger partial charge on any atom is 0.309 e. The lowest BCUT2D eigenvalue weighted by Gasteiger charge is -2.69. The lowest BCUT2D eigenvalue weighted by molar-refractivity contribution is -0.214. The average molecular weight is 706 g/mol. The summed E-state index contributed by atoms with van der Waals surface area (Å²) in [5, 5.41) is 25.1. The van der Waals surface area contributed by atoms with E-state index in [9.17, 15) is 24.6 Å². The quantitative estimate of drug-likeness (QED) is 0.207. The number of rotatable bonds is 10. The number of hydrogen-bond donors (Lipinski definition) is 3. The third kappa shape index (κ3) is 6.13. The minimum Gasteiger partial charge on any atom is -0.497 e. The maximum absolute atomic E-state index is 13.9. The number of esters is 1. The predicted octanol–water partition coefficient (Wildman–Crippen LogP) is 8.47. The molecule has 0 amide bonds. The molecule has 1 aromatic carbocycles. The van der Waals surface area contributed by atoms with Crippen molar-refractivity contribution in [3.8, 4) is 5.75 Å². The van der Waals surface area contributed by atoms with Gasteiger partial charge in [0.05, 0.1) is 25.0 Å². The molecule has 1 aromatic rings. The van der Waals surface area contributed by atoms with E-state index in [1.165, 1.54) is 5.57 Å². The molecule has 9 atom stereocenters.